The Labute approximate surface area is 262 Å². The summed E-state index contributed by atoms with van der Waals surface area (Å²) in [6, 6.07) is 23.2. The molecular formula is C31H38N6O7S. The van der Waals surface area contributed by atoms with Crippen LogP contribution in [0.2, 0.25) is 0 Å². The van der Waals surface area contributed by atoms with Crippen LogP contribution < -0.4 is 20.6 Å². The van der Waals surface area contributed by atoms with Crippen molar-refractivity contribution < 1.29 is 32.1 Å². The van der Waals surface area contributed by atoms with E-state index in [1.165, 1.54) is 31.1 Å². The Morgan fingerprint density at radius 2 is 1.47 bits per heavy atom. The van der Waals surface area contributed by atoms with E-state index in [2.05, 4.69) is 10.6 Å². The van der Waals surface area contributed by atoms with Crippen molar-refractivity contribution in [2.75, 3.05) is 27.2 Å². The molecule has 0 aliphatic rings. The van der Waals surface area contributed by atoms with E-state index in [-0.39, 0.29) is 31.2 Å². The Bertz CT molecular complexity index is 1510. The number of rotatable bonds is 16. The molecule has 1 atom stereocenters. The van der Waals surface area contributed by atoms with E-state index >= 15 is 0 Å². The lowest BCUT2D eigenvalue weighted by molar-refractivity contribution is -0.143. The highest BCUT2D eigenvalue weighted by atomic mass is 32.2. The molecule has 0 saturated carbocycles. The van der Waals surface area contributed by atoms with Gasteiger partial charge in [-0.25, -0.2) is 0 Å². The molecule has 0 saturated heterocycles. The maximum absolute atomic E-state index is 14.7. The Morgan fingerprint density at radius 1 is 0.911 bits per heavy atom. The van der Waals surface area contributed by atoms with Crippen LogP contribution in [0.3, 0.4) is 0 Å². The minimum atomic E-state index is -3.99. The predicted octanol–water partition coefficient (Wildman–Crippen LogP) is 1.87. The van der Waals surface area contributed by atoms with Gasteiger partial charge in [-0.15, -0.1) is 0 Å². The first-order valence-corrected chi connectivity index (χ1v) is 15.4. The molecule has 0 heterocycles. The summed E-state index contributed by atoms with van der Waals surface area (Å²) in [5.41, 5.74) is 7.36. The fourth-order valence-electron chi connectivity index (χ4n) is 4.55. The molecule has 0 aliphatic heterocycles. The quantitative estimate of drug-likeness (QED) is 0.0884. The third-order valence-electron chi connectivity index (χ3n) is 6.78. The number of nitrogens with one attached hydrogen (secondary N) is 3. The number of aliphatic carboxylic acids is 1. The second kappa shape index (κ2) is 16.2. The van der Waals surface area contributed by atoms with Crippen molar-refractivity contribution in [3.63, 3.8) is 0 Å². The van der Waals surface area contributed by atoms with Gasteiger partial charge in [-0.3, -0.25) is 19.8 Å². The first-order chi connectivity index (χ1) is 21.4. The molecule has 0 aromatic heterocycles. The summed E-state index contributed by atoms with van der Waals surface area (Å²) in [6.07, 6.45) is 0.446. The molecular weight excluding hydrogens is 600 g/mol. The Hall–Kier alpha value is -4.95. The zero-order valence-electron chi connectivity index (χ0n) is 25.0. The Balaban J connectivity index is 2.06. The number of hydrogen-bond acceptors (Lipinski definition) is 7. The van der Waals surface area contributed by atoms with Crippen molar-refractivity contribution in [2.24, 2.45) is 5.73 Å². The zero-order valence-corrected chi connectivity index (χ0v) is 25.9. The van der Waals surface area contributed by atoms with Gasteiger partial charge in [0.1, 0.15) is 18.3 Å². The van der Waals surface area contributed by atoms with Crippen LogP contribution >= 0.6 is 0 Å². The molecule has 0 spiro atoms. The monoisotopic (exact) mass is 638 g/mol. The summed E-state index contributed by atoms with van der Waals surface area (Å²) in [4.78, 5) is 40.9. The van der Waals surface area contributed by atoms with E-state index in [0.29, 0.717) is 23.1 Å². The number of nitrogens with zero attached hydrogens (tertiary/aromatic N) is 2. The molecule has 3 rings (SSSR count). The van der Waals surface area contributed by atoms with Gasteiger partial charge in [-0.2, -0.15) is 12.7 Å². The number of nitrogens with two attached hydrogens (primary N) is 1. The maximum Gasteiger partial charge on any atom is 0.384 e. The van der Waals surface area contributed by atoms with E-state index in [4.69, 9.17) is 15.3 Å². The van der Waals surface area contributed by atoms with E-state index in [9.17, 15) is 27.9 Å². The smallest absolute Gasteiger partial charge is 0.384 e. The first kappa shape index (κ1) is 34.5. The zero-order chi connectivity index (χ0) is 33.0. The van der Waals surface area contributed by atoms with Crippen LogP contribution in [0, 0.1) is 5.41 Å². The number of amides is 2. The minimum Gasteiger partial charge on any atom is -0.480 e. The Kier molecular flexibility index (Phi) is 12.4. The van der Waals surface area contributed by atoms with Crippen LogP contribution in [-0.2, 0) is 31.2 Å². The highest BCUT2D eigenvalue weighted by Gasteiger charge is 2.35. The number of carbonyl (C=O) groups is 3. The largest absolute Gasteiger partial charge is 0.480 e. The summed E-state index contributed by atoms with van der Waals surface area (Å²) in [5, 5.41) is 21.7. The van der Waals surface area contributed by atoms with Crippen LogP contribution in [-0.4, -0.2) is 79.7 Å². The third kappa shape index (κ3) is 10.3. The van der Waals surface area contributed by atoms with E-state index < -0.39 is 46.6 Å². The Morgan fingerprint density at radius 3 is 1.96 bits per heavy atom. The molecule has 0 unspecified atom stereocenters. The maximum atomic E-state index is 14.7. The first-order valence-electron chi connectivity index (χ1n) is 14.1. The minimum absolute atomic E-state index is 0.0582. The SMILES string of the molecule is CN(C)S(=O)(=O)Oc1ccc(CN(C(=O)C(c2ccccc2)c2ccccc2)[C@H](CCCNC(=N)N)C(=O)NCC(=O)O)cc1. The standard InChI is InChI=1S/C31H38N6O7S/c1-36(2)45(42,43)44-25-17-15-22(16-18-25)21-37(26(14-9-19-34-31(32)33)29(40)35-20-27(38)39)30(41)28(23-10-5-3-6-11-23)24-12-7-4-8-13-24/h3-8,10-13,15-18,26,28H,9,14,19-21H2,1-2H3,(H,35,40)(H,38,39)(H4,32,33,34)/t26-/m1/s1. The summed E-state index contributed by atoms with van der Waals surface area (Å²) < 4.78 is 30.4. The molecule has 240 valence electrons. The number of hydrogen-bond donors (Lipinski definition) is 5. The van der Waals surface area contributed by atoms with Gasteiger partial charge in [-0.05, 0) is 41.7 Å². The van der Waals surface area contributed by atoms with Gasteiger partial charge < -0.3 is 30.6 Å². The summed E-state index contributed by atoms with van der Waals surface area (Å²) >= 11 is 0. The normalized spacial score (nSPS) is 11.9. The van der Waals surface area contributed by atoms with E-state index in [1.54, 1.807) is 12.1 Å². The summed E-state index contributed by atoms with van der Waals surface area (Å²) in [6.45, 7) is -0.468. The number of guanidine groups is 1. The highest BCUT2D eigenvalue weighted by molar-refractivity contribution is 7.84. The fraction of sp³-hybridized carbons (Fsp3) is 0.290. The molecule has 6 N–H and O–H groups in total. The van der Waals surface area contributed by atoms with Crippen molar-refractivity contribution in [1.29, 1.82) is 5.41 Å². The van der Waals surface area contributed by atoms with Crippen LogP contribution in [0.4, 0.5) is 0 Å². The van der Waals surface area contributed by atoms with Crippen molar-refractivity contribution in [1.82, 2.24) is 19.8 Å². The van der Waals surface area contributed by atoms with Crippen LogP contribution in [0.5, 0.6) is 5.75 Å². The van der Waals surface area contributed by atoms with Crippen LogP contribution in [0.1, 0.15) is 35.4 Å². The molecule has 0 radical (unpaired) electrons. The molecule has 2 amide bonds. The molecule has 0 aliphatic carbocycles. The lowest BCUT2D eigenvalue weighted by Crippen LogP contribution is -2.51. The summed E-state index contributed by atoms with van der Waals surface area (Å²) in [7, 11) is -1.32. The molecule has 3 aromatic rings. The number of carboxylic acids is 1. The van der Waals surface area contributed by atoms with Crippen LogP contribution in [0.15, 0.2) is 84.9 Å². The number of benzene rings is 3. The van der Waals surface area contributed by atoms with Gasteiger partial charge in [0.15, 0.2) is 5.96 Å². The summed E-state index contributed by atoms with van der Waals surface area (Å²) in [5.74, 6) is -3.30. The van der Waals surface area contributed by atoms with Crippen molar-refractivity contribution >= 4 is 34.0 Å². The number of carbonyl (C=O) groups excluding carboxylic acids is 2. The molecule has 14 heteroatoms. The van der Waals surface area contributed by atoms with Crippen molar-refractivity contribution in [2.45, 2.75) is 31.3 Å². The van der Waals surface area contributed by atoms with Crippen molar-refractivity contribution in [3.05, 3.63) is 102 Å². The lowest BCUT2D eigenvalue weighted by atomic mass is 9.89. The van der Waals surface area contributed by atoms with Crippen LogP contribution in [0.25, 0.3) is 0 Å². The average molecular weight is 639 g/mol. The topological polar surface area (TPSA) is 195 Å². The molecule has 13 nitrogen and oxygen atoms in total. The molecule has 3 aromatic carbocycles. The average Bonchev–Trinajstić information content (AvgIpc) is 3.00. The van der Waals surface area contributed by atoms with Gasteiger partial charge in [0, 0.05) is 27.2 Å². The molecule has 0 fully saturated rings. The van der Waals surface area contributed by atoms with Gasteiger partial charge in [0.05, 0.1) is 5.92 Å². The van der Waals surface area contributed by atoms with Crippen molar-refractivity contribution in [3.8, 4) is 5.75 Å². The van der Waals surface area contributed by atoms with Gasteiger partial charge in [0.25, 0.3) is 0 Å². The second-order valence-corrected chi connectivity index (χ2v) is 12.1. The highest BCUT2D eigenvalue weighted by Crippen LogP contribution is 2.30. The third-order valence-corrected chi connectivity index (χ3v) is 8.08. The fourth-order valence-corrected chi connectivity index (χ4v) is 5.05. The van der Waals surface area contributed by atoms with E-state index in [1.807, 2.05) is 60.7 Å². The lowest BCUT2D eigenvalue weighted by Gasteiger charge is -2.34. The van der Waals surface area contributed by atoms with E-state index in [0.717, 1.165) is 4.31 Å². The second-order valence-electron chi connectivity index (χ2n) is 10.3. The van der Waals surface area contributed by atoms with Gasteiger partial charge in [0.2, 0.25) is 11.8 Å². The predicted molar refractivity (Wildman–Crippen MR) is 169 cm³/mol. The number of carboxylic acid groups (broad SMARTS) is 1. The molecule has 0 bridgehead atoms. The molecule has 45 heavy (non-hydrogen) atoms. The van der Waals surface area contributed by atoms with Gasteiger partial charge in [-0.1, -0.05) is 72.8 Å². The van der Waals surface area contributed by atoms with Gasteiger partial charge >= 0.3 is 16.3 Å².